The maximum Gasteiger partial charge on any atom is 0.387 e. The van der Waals surface area contributed by atoms with Gasteiger partial charge in [-0.05, 0) is 24.6 Å². The number of hydrogen-bond acceptors (Lipinski definition) is 5. The molecular weight excluding hydrogens is 272 g/mol. The number of benzene rings is 1. The van der Waals surface area contributed by atoms with Crippen LogP contribution in [0.15, 0.2) is 12.1 Å². The summed E-state index contributed by atoms with van der Waals surface area (Å²) < 4.78 is 33.8. The van der Waals surface area contributed by atoms with Crippen LogP contribution < -0.4 is 4.74 Å². The van der Waals surface area contributed by atoms with Crippen LogP contribution in [0, 0.1) is 11.3 Å². The van der Waals surface area contributed by atoms with Gasteiger partial charge in [0.25, 0.3) is 0 Å². The molecule has 0 aliphatic rings. The van der Waals surface area contributed by atoms with E-state index in [9.17, 15) is 18.7 Å². The second kappa shape index (κ2) is 7.40. The predicted molar refractivity (Wildman–Crippen MR) is 64.0 cm³/mol. The number of nitrogens with zero attached hydrogens (tertiary/aromatic N) is 1. The Morgan fingerprint density at radius 2 is 2.20 bits per heavy atom. The summed E-state index contributed by atoms with van der Waals surface area (Å²) in [4.78, 5) is 11.5. The van der Waals surface area contributed by atoms with Crippen LogP contribution in [0.5, 0.6) is 5.75 Å². The summed E-state index contributed by atoms with van der Waals surface area (Å²) in [5.74, 6) is -0.942. The highest BCUT2D eigenvalue weighted by atomic mass is 19.3. The smallest absolute Gasteiger partial charge is 0.387 e. The van der Waals surface area contributed by atoms with Crippen LogP contribution in [0.4, 0.5) is 8.78 Å². The lowest BCUT2D eigenvalue weighted by Gasteiger charge is -2.14. The number of esters is 1. The molecule has 7 heteroatoms. The van der Waals surface area contributed by atoms with Gasteiger partial charge in [-0.25, -0.2) is 0 Å². The quantitative estimate of drug-likeness (QED) is 0.806. The molecule has 0 saturated heterocycles. The van der Waals surface area contributed by atoms with Gasteiger partial charge in [-0.15, -0.1) is 0 Å². The molecule has 0 amide bonds. The van der Waals surface area contributed by atoms with E-state index in [2.05, 4.69) is 4.74 Å². The summed E-state index contributed by atoms with van der Waals surface area (Å²) in [5.41, 5.74) is 0.315. The van der Waals surface area contributed by atoms with Gasteiger partial charge >= 0.3 is 12.6 Å². The second-order valence-corrected chi connectivity index (χ2v) is 3.74. The monoisotopic (exact) mass is 285 g/mol. The minimum Gasteiger partial charge on any atom is -0.466 e. The van der Waals surface area contributed by atoms with Crippen molar-refractivity contribution in [2.45, 2.75) is 26.6 Å². The van der Waals surface area contributed by atoms with Gasteiger partial charge in [-0.3, -0.25) is 4.79 Å². The van der Waals surface area contributed by atoms with Gasteiger partial charge in [0, 0.05) is 5.56 Å². The molecule has 1 rings (SSSR count). The van der Waals surface area contributed by atoms with E-state index in [1.54, 1.807) is 13.0 Å². The van der Waals surface area contributed by atoms with Crippen molar-refractivity contribution in [2.75, 3.05) is 6.61 Å². The summed E-state index contributed by atoms with van der Waals surface area (Å²) >= 11 is 0. The van der Waals surface area contributed by atoms with E-state index in [4.69, 9.17) is 10.00 Å². The van der Waals surface area contributed by atoms with Crippen molar-refractivity contribution in [3.05, 3.63) is 28.8 Å². The largest absolute Gasteiger partial charge is 0.466 e. The van der Waals surface area contributed by atoms with E-state index in [0.29, 0.717) is 0 Å². The number of ether oxygens (including phenoxy) is 2. The van der Waals surface area contributed by atoms with Crippen molar-refractivity contribution in [1.29, 1.82) is 5.26 Å². The molecule has 0 atom stereocenters. The Morgan fingerprint density at radius 1 is 1.50 bits per heavy atom. The maximum absolute atomic E-state index is 12.4. The standard InChI is InChI=1S/C13H13F2NO4/c1-2-19-12(18)5-10-9(7-17)3-8(6-16)4-11(10)20-13(14)15/h3-4,13,17H,2,5,7H2,1H3. The lowest BCUT2D eigenvalue weighted by atomic mass is 10.0. The molecule has 0 aliphatic carbocycles. The fourth-order valence-corrected chi connectivity index (χ4v) is 1.67. The Balaban J connectivity index is 3.22. The number of halogens is 2. The zero-order valence-electron chi connectivity index (χ0n) is 10.7. The van der Waals surface area contributed by atoms with Crippen LogP contribution in [-0.2, 0) is 22.6 Å². The average Bonchev–Trinajstić information content (AvgIpc) is 2.40. The van der Waals surface area contributed by atoms with Crippen LogP contribution in [-0.4, -0.2) is 24.3 Å². The highest BCUT2D eigenvalue weighted by Gasteiger charge is 2.18. The zero-order valence-corrected chi connectivity index (χ0v) is 10.7. The topological polar surface area (TPSA) is 79.5 Å². The Bertz CT molecular complexity index is 526. The van der Waals surface area contributed by atoms with Gasteiger partial charge in [0.1, 0.15) is 5.75 Å². The van der Waals surface area contributed by atoms with E-state index >= 15 is 0 Å². The highest BCUT2D eigenvalue weighted by molar-refractivity contribution is 5.74. The number of aliphatic hydroxyl groups excluding tert-OH is 1. The fourth-order valence-electron chi connectivity index (χ4n) is 1.67. The predicted octanol–water partition coefficient (Wildman–Crippen LogP) is 1.76. The van der Waals surface area contributed by atoms with Gasteiger partial charge in [0.15, 0.2) is 0 Å². The molecule has 5 nitrogen and oxygen atoms in total. The molecule has 0 saturated carbocycles. The van der Waals surface area contributed by atoms with Gasteiger partial charge in [0.2, 0.25) is 0 Å². The summed E-state index contributed by atoms with van der Waals surface area (Å²) in [6.07, 6.45) is -0.322. The Kier molecular flexibility index (Phi) is 5.87. The van der Waals surface area contributed by atoms with Crippen molar-refractivity contribution in [3.8, 4) is 11.8 Å². The normalized spacial score (nSPS) is 10.2. The molecule has 1 N–H and O–H groups in total. The van der Waals surface area contributed by atoms with Crippen molar-refractivity contribution in [2.24, 2.45) is 0 Å². The van der Waals surface area contributed by atoms with Crippen LogP contribution in [0.3, 0.4) is 0 Å². The minimum absolute atomic E-state index is 0.0531. The molecule has 108 valence electrons. The summed E-state index contributed by atoms with van der Waals surface area (Å²) in [6.45, 7) is -1.85. The van der Waals surface area contributed by atoms with Gasteiger partial charge in [-0.2, -0.15) is 14.0 Å². The first kappa shape index (κ1) is 15.9. The number of alkyl halides is 2. The first-order valence-corrected chi connectivity index (χ1v) is 5.79. The summed E-state index contributed by atoms with van der Waals surface area (Å²) in [7, 11) is 0. The molecule has 0 unspecified atom stereocenters. The number of aliphatic hydroxyl groups is 1. The first-order chi connectivity index (χ1) is 9.51. The molecule has 0 bridgehead atoms. The third kappa shape index (κ3) is 4.17. The van der Waals surface area contributed by atoms with E-state index in [1.807, 2.05) is 0 Å². The Labute approximate surface area is 114 Å². The van der Waals surface area contributed by atoms with Crippen LogP contribution in [0.25, 0.3) is 0 Å². The molecule has 1 aromatic carbocycles. The fraction of sp³-hybridized carbons (Fsp3) is 0.385. The van der Waals surface area contributed by atoms with Gasteiger partial charge in [0.05, 0.1) is 31.3 Å². The SMILES string of the molecule is CCOC(=O)Cc1c(CO)cc(C#N)cc1OC(F)F. The van der Waals surface area contributed by atoms with Gasteiger partial charge < -0.3 is 14.6 Å². The third-order valence-corrected chi connectivity index (χ3v) is 2.44. The van der Waals surface area contributed by atoms with Crippen LogP contribution in [0.1, 0.15) is 23.6 Å². The molecule has 0 aromatic heterocycles. The van der Waals surface area contributed by atoms with Crippen LogP contribution in [0.2, 0.25) is 0 Å². The molecular formula is C13H13F2NO4. The van der Waals surface area contributed by atoms with E-state index in [-0.39, 0.29) is 35.5 Å². The highest BCUT2D eigenvalue weighted by Crippen LogP contribution is 2.27. The summed E-state index contributed by atoms with van der Waals surface area (Å²) in [6, 6.07) is 4.18. The van der Waals surface area contributed by atoms with Crippen molar-refractivity contribution in [3.63, 3.8) is 0 Å². The molecule has 20 heavy (non-hydrogen) atoms. The molecule has 0 radical (unpaired) electrons. The van der Waals surface area contributed by atoms with E-state index in [1.165, 1.54) is 6.07 Å². The van der Waals surface area contributed by atoms with Crippen molar-refractivity contribution < 1.29 is 28.2 Å². The number of rotatable bonds is 6. The summed E-state index contributed by atoms with van der Waals surface area (Å²) in [5, 5.41) is 18.0. The Hall–Kier alpha value is -2.20. The lowest BCUT2D eigenvalue weighted by molar-refractivity contribution is -0.142. The molecule has 1 aromatic rings. The van der Waals surface area contributed by atoms with Crippen molar-refractivity contribution in [1.82, 2.24) is 0 Å². The Morgan fingerprint density at radius 3 is 2.70 bits per heavy atom. The van der Waals surface area contributed by atoms with E-state index < -0.39 is 19.2 Å². The number of hydrogen-bond donors (Lipinski definition) is 1. The first-order valence-electron chi connectivity index (χ1n) is 5.79. The lowest BCUT2D eigenvalue weighted by Crippen LogP contribution is -2.13. The number of nitriles is 1. The average molecular weight is 285 g/mol. The second-order valence-electron chi connectivity index (χ2n) is 3.74. The molecule has 0 fully saturated rings. The van der Waals surface area contributed by atoms with Gasteiger partial charge in [-0.1, -0.05) is 0 Å². The van der Waals surface area contributed by atoms with Crippen molar-refractivity contribution >= 4 is 5.97 Å². The zero-order chi connectivity index (χ0) is 15.1. The molecule has 0 aliphatic heterocycles. The molecule has 0 spiro atoms. The van der Waals surface area contributed by atoms with Crippen LogP contribution >= 0.6 is 0 Å². The maximum atomic E-state index is 12.4. The third-order valence-electron chi connectivity index (χ3n) is 2.44. The van der Waals surface area contributed by atoms with E-state index in [0.717, 1.165) is 6.07 Å². The number of carbonyl (C=O) groups excluding carboxylic acids is 1. The minimum atomic E-state index is -3.10. The molecule has 0 heterocycles. The number of carbonyl (C=O) groups is 1.